The Balaban J connectivity index is 2.55. The van der Waals surface area contributed by atoms with Gasteiger partial charge in [0.05, 0.1) is 5.56 Å². The van der Waals surface area contributed by atoms with Crippen LogP contribution in [0.25, 0.3) is 0 Å². The normalized spacial score (nSPS) is 11.7. The average Bonchev–Trinajstić information content (AvgIpc) is 2.43. The molecule has 0 fully saturated rings. The first-order valence-electron chi connectivity index (χ1n) is 6.44. The van der Waals surface area contributed by atoms with E-state index in [9.17, 15) is 4.79 Å². The molecule has 1 aromatic carbocycles. The van der Waals surface area contributed by atoms with E-state index in [1.807, 2.05) is 31.2 Å². The molecular weight excluding hydrogens is 236 g/mol. The lowest BCUT2D eigenvalue weighted by Gasteiger charge is -2.04. The first-order chi connectivity index (χ1) is 9.17. The van der Waals surface area contributed by atoms with Crippen molar-refractivity contribution in [2.24, 2.45) is 0 Å². The maximum atomic E-state index is 10.9. The predicted octanol–water partition coefficient (Wildman–Crippen LogP) is 4.40. The SMILES string of the molecule is C=C/C(=C\C=C/C)CCCc1cccc(C(=O)O)c1. The van der Waals surface area contributed by atoms with Crippen LogP contribution >= 0.6 is 0 Å². The maximum Gasteiger partial charge on any atom is 0.335 e. The summed E-state index contributed by atoms with van der Waals surface area (Å²) in [4.78, 5) is 10.9. The minimum atomic E-state index is -0.874. The summed E-state index contributed by atoms with van der Waals surface area (Å²) in [7, 11) is 0. The fourth-order valence-electron chi connectivity index (χ4n) is 1.83. The molecule has 0 atom stereocenters. The Morgan fingerprint density at radius 1 is 1.42 bits per heavy atom. The van der Waals surface area contributed by atoms with Crippen LogP contribution in [0, 0.1) is 0 Å². The Kier molecular flexibility index (Phi) is 6.37. The van der Waals surface area contributed by atoms with Gasteiger partial charge < -0.3 is 5.11 Å². The molecule has 0 aliphatic rings. The highest BCUT2D eigenvalue weighted by Crippen LogP contribution is 2.13. The third kappa shape index (κ3) is 5.38. The number of carbonyl (C=O) groups is 1. The van der Waals surface area contributed by atoms with Gasteiger partial charge in [-0.15, -0.1) is 0 Å². The first kappa shape index (κ1) is 15.0. The molecule has 0 radical (unpaired) electrons. The summed E-state index contributed by atoms with van der Waals surface area (Å²) >= 11 is 0. The second-order valence-electron chi connectivity index (χ2n) is 4.33. The third-order valence-corrected chi connectivity index (χ3v) is 2.87. The summed E-state index contributed by atoms with van der Waals surface area (Å²) in [6.07, 6.45) is 10.7. The van der Waals surface area contributed by atoms with E-state index < -0.39 is 5.97 Å². The van der Waals surface area contributed by atoms with Crippen LogP contribution in [-0.4, -0.2) is 11.1 Å². The van der Waals surface area contributed by atoms with Gasteiger partial charge in [-0.25, -0.2) is 4.79 Å². The van der Waals surface area contributed by atoms with Crippen LogP contribution in [0.5, 0.6) is 0 Å². The molecular formula is C17H20O2. The molecule has 0 saturated heterocycles. The van der Waals surface area contributed by atoms with Gasteiger partial charge in [-0.2, -0.15) is 0 Å². The summed E-state index contributed by atoms with van der Waals surface area (Å²) in [5.41, 5.74) is 2.62. The molecule has 0 saturated carbocycles. The molecule has 1 aromatic rings. The highest BCUT2D eigenvalue weighted by molar-refractivity contribution is 5.87. The molecule has 0 amide bonds. The Labute approximate surface area is 114 Å². The van der Waals surface area contributed by atoms with Gasteiger partial charge in [-0.05, 0) is 49.5 Å². The summed E-state index contributed by atoms with van der Waals surface area (Å²) in [6.45, 7) is 5.78. The highest BCUT2D eigenvalue weighted by Gasteiger charge is 2.03. The summed E-state index contributed by atoms with van der Waals surface area (Å²) < 4.78 is 0. The largest absolute Gasteiger partial charge is 0.478 e. The number of hydrogen-bond donors (Lipinski definition) is 1. The van der Waals surface area contributed by atoms with Crippen molar-refractivity contribution in [3.05, 3.63) is 71.8 Å². The monoisotopic (exact) mass is 256 g/mol. The number of allylic oxidation sites excluding steroid dienone is 5. The van der Waals surface area contributed by atoms with Gasteiger partial charge >= 0.3 is 5.97 Å². The van der Waals surface area contributed by atoms with Gasteiger partial charge in [0.2, 0.25) is 0 Å². The van der Waals surface area contributed by atoms with Crippen molar-refractivity contribution in [2.75, 3.05) is 0 Å². The van der Waals surface area contributed by atoms with Crippen molar-refractivity contribution >= 4 is 5.97 Å². The summed E-state index contributed by atoms with van der Waals surface area (Å²) in [5, 5.41) is 8.93. The van der Waals surface area contributed by atoms with Gasteiger partial charge in [0.1, 0.15) is 0 Å². The van der Waals surface area contributed by atoms with Crippen molar-refractivity contribution in [1.82, 2.24) is 0 Å². The number of aryl methyl sites for hydroxylation is 1. The zero-order chi connectivity index (χ0) is 14.1. The average molecular weight is 256 g/mol. The molecule has 0 heterocycles. The quantitative estimate of drug-likeness (QED) is 0.734. The maximum absolute atomic E-state index is 10.9. The fraction of sp³-hybridized carbons (Fsp3) is 0.235. The number of aromatic carboxylic acids is 1. The molecule has 19 heavy (non-hydrogen) atoms. The molecule has 100 valence electrons. The molecule has 2 heteroatoms. The van der Waals surface area contributed by atoms with E-state index >= 15 is 0 Å². The third-order valence-electron chi connectivity index (χ3n) is 2.87. The molecule has 0 aliphatic carbocycles. The highest BCUT2D eigenvalue weighted by atomic mass is 16.4. The summed E-state index contributed by atoms with van der Waals surface area (Å²) in [5.74, 6) is -0.874. The molecule has 0 unspecified atom stereocenters. The van der Waals surface area contributed by atoms with E-state index in [1.54, 1.807) is 18.2 Å². The van der Waals surface area contributed by atoms with Gasteiger partial charge in [-0.1, -0.05) is 43.0 Å². The van der Waals surface area contributed by atoms with Crippen LogP contribution in [0.4, 0.5) is 0 Å². The van der Waals surface area contributed by atoms with Gasteiger partial charge in [-0.3, -0.25) is 0 Å². The summed E-state index contributed by atoms with van der Waals surface area (Å²) in [6, 6.07) is 7.12. The predicted molar refractivity (Wildman–Crippen MR) is 79.4 cm³/mol. The van der Waals surface area contributed by atoms with Crippen molar-refractivity contribution < 1.29 is 9.90 Å². The molecule has 0 spiro atoms. The zero-order valence-corrected chi connectivity index (χ0v) is 11.3. The van der Waals surface area contributed by atoms with Crippen LogP contribution in [-0.2, 0) is 6.42 Å². The van der Waals surface area contributed by atoms with Crippen molar-refractivity contribution in [3.8, 4) is 0 Å². The van der Waals surface area contributed by atoms with Gasteiger partial charge in [0.25, 0.3) is 0 Å². The van der Waals surface area contributed by atoms with E-state index in [-0.39, 0.29) is 0 Å². The van der Waals surface area contributed by atoms with Crippen LogP contribution in [0.1, 0.15) is 35.7 Å². The lowest BCUT2D eigenvalue weighted by molar-refractivity contribution is 0.0697. The minimum Gasteiger partial charge on any atom is -0.478 e. The van der Waals surface area contributed by atoms with Crippen LogP contribution in [0.3, 0.4) is 0 Å². The van der Waals surface area contributed by atoms with Crippen molar-refractivity contribution in [1.29, 1.82) is 0 Å². The number of carboxylic acid groups (broad SMARTS) is 1. The van der Waals surface area contributed by atoms with E-state index in [2.05, 4.69) is 12.7 Å². The van der Waals surface area contributed by atoms with Crippen molar-refractivity contribution in [2.45, 2.75) is 26.2 Å². The number of rotatable bonds is 7. The van der Waals surface area contributed by atoms with Crippen LogP contribution in [0.15, 0.2) is 60.7 Å². The molecule has 0 bridgehead atoms. The topological polar surface area (TPSA) is 37.3 Å². The molecule has 0 aliphatic heterocycles. The lowest BCUT2D eigenvalue weighted by atomic mass is 10.0. The minimum absolute atomic E-state index is 0.353. The number of hydrogen-bond acceptors (Lipinski definition) is 1. The van der Waals surface area contributed by atoms with Gasteiger partial charge in [0, 0.05) is 0 Å². The number of carboxylic acids is 1. The smallest absolute Gasteiger partial charge is 0.335 e. The van der Waals surface area contributed by atoms with Crippen molar-refractivity contribution in [3.63, 3.8) is 0 Å². The second-order valence-corrected chi connectivity index (χ2v) is 4.33. The lowest BCUT2D eigenvalue weighted by Crippen LogP contribution is -1.97. The van der Waals surface area contributed by atoms with E-state index in [4.69, 9.17) is 5.11 Å². The zero-order valence-electron chi connectivity index (χ0n) is 11.3. The Bertz CT molecular complexity index is 496. The van der Waals surface area contributed by atoms with E-state index in [0.717, 1.165) is 24.8 Å². The Morgan fingerprint density at radius 3 is 2.84 bits per heavy atom. The molecule has 1 N–H and O–H groups in total. The Morgan fingerprint density at radius 2 is 2.21 bits per heavy atom. The first-order valence-corrected chi connectivity index (χ1v) is 6.44. The number of benzene rings is 1. The molecule has 2 nitrogen and oxygen atoms in total. The van der Waals surface area contributed by atoms with Crippen LogP contribution < -0.4 is 0 Å². The fourth-order valence-corrected chi connectivity index (χ4v) is 1.83. The molecule has 0 aromatic heterocycles. The molecule has 1 rings (SSSR count). The van der Waals surface area contributed by atoms with E-state index in [0.29, 0.717) is 5.56 Å². The standard InChI is InChI=1S/C17H20O2/c1-3-5-8-14(4-2)9-6-10-15-11-7-12-16(13-15)17(18)19/h3-5,7-8,11-13H,2,6,9-10H2,1H3,(H,18,19)/b5-3-,14-8+. The van der Waals surface area contributed by atoms with Gasteiger partial charge in [0.15, 0.2) is 0 Å². The Hall–Kier alpha value is -2.09. The van der Waals surface area contributed by atoms with E-state index in [1.165, 1.54) is 5.57 Å². The second kappa shape index (κ2) is 8.09. The van der Waals surface area contributed by atoms with Crippen LogP contribution in [0.2, 0.25) is 0 Å².